The summed E-state index contributed by atoms with van der Waals surface area (Å²) in [6, 6.07) is 8.27. The van der Waals surface area contributed by atoms with Crippen molar-refractivity contribution in [1.82, 2.24) is 0 Å². The number of halogens is 3. The van der Waals surface area contributed by atoms with Gasteiger partial charge in [0.2, 0.25) is 0 Å². The lowest BCUT2D eigenvalue weighted by molar-refractivity contribution is -0.192. The SMILES string of the molecule is COC1=CC=C2N(c3ccc(OC)cc3)CCC23C1=NC=CC3C.O=C(O)C(F)(F)F. The van der Waals surface area contributed by atoms with Gasteiger partial charge < -0.3 is 19.5 Å². The molecule has 1 spiro atoms. The molecule has 2 aliphatic heterocycles. The van der Waals surface area contributed by atoms with E-state index in [1.54, 1.807) is 14.2 Å². The van der Waals surface area contributed by atoms with Gasteiger partial charge in [0.05, 0.1) is 25.3 Å². The zero-order chi connectivity index (χ0) is 22.8. The molecule has 1 aromatic rings. The zero-order valence-corrected chi connectivity index (χ0v) is 17.3. The zero-order valence-electron chi connectivity index (χ0n) is 17.3. The highest BCUT2D eigenvalue weighted by Crippen LogP contribution is 2.53. The van der Waals surface area contributed by atoms with Crippen LogP contribution in [-0.2, 0) is 9.53 Å². The molecule has 166 valence electrons. The Balaban J connectivity index is 0.000000339. The van der Waals surface area contributed by atoms with Gasteiger partial charge in [-0.15, -0.1) is 0 Å². The van der Waals surface area contributed by atoms with Gasteiger partial charge in [-0.25, -0.2) is 4.79 Å². The van der Waals surface area contributed by atoms with E-state index in [-0.39, 0.29) is 5.41 Å². The standard InChI is InChI=1S/C20H22N2O2.C2HF3O2/c1-14-10-12-21-19-17(24-3)8-9-18-20(14,19)11-13-22(18)15-4-6-16(23-2)7-5-15;3-2(4,5)1(6)7/h4-10,12,14H,11,13H2,1-3H3;(H,6,7). The van der Waals surface area contributed by atoms with Crippen LogP contribution in [0.4, 0.5) is 18.9 Å². The number of methoxy groups -OCH3 is 2. The number of aliphatic imine (C=N–C) groups is 1. The van der Waals surface area contributed by atoms with Gasteiger partial charge in [-0.2, -0.15) is 13.2 Å². The van der Waals surface area contributed by atoms with Crippen molar-refractivity contribution in [2.24, 2.45) is 16.3 Å². The number of alkyl halides is 3. The molecule has 2 heterocycles. The van der Waals surface area contributed by atoms with Crippen molar-refractivity contribution in [2.45, 2.75) is 19.5 Å². The molecule has 9 heteroatoms. The first kappa shape index (κ1) is 22.5. The molecule has 0 bridgehead atoms. The van der Waals surface area contributed by atoms with Crippen molar-refractivity contribution in [3.05, 3.63) is 60.1 Å². The van der Waals surface area contributed by atoms with Gasteiger partial charge in [-0.3, -0.25) is 4.99 Å². The molecule has 0 saturated carbocycles. The van der Waals surface area contributed by atoms with E-state index in [2.05, 4.69) is 36.1 Å². The quantitative estimate of drug-likeness (QED) is 0.752. The molecule has 0 amide bonds. The fraction of sp³-hybridized carbons (Fsp3) is 0.364. The van der Waals surface area contributed by atoms with Crippen LogP contribution in [0.15, 0.2) is 65.1 Å². The van der Waals surface area contributed by atoms with Crippen molar-refractivity contribution in [3.8, 4) is 5.75 Å². The Hall–Kier alpha value is -3.23. The van der Waals surface area contributed by atoms with Crippen LogP contribution >= 0.6 is 0 Å². The third-order valence-corrected chi connectivity index (χ3v) is 5.73. The summed E-state index contributed by atoms with van der Waals surface area (Å²) >= 11 is 0. The van der Waals surface area contributed by atoms with Crippen LogP contribution in [0.5, 0.6) is 5.75 Å². The van der Waals surface area contributed by atoms with E-state index >= 15 is 0 Å². The van der Waals surface area contributed by atoms with E-state index in [4.69, 9.17) is 24.4 Å². The Labute approximate surface area is 178 Å². The molecule has 0 radical (unpaired) electrons. The summed E-state index contributed by atoms with van der Waals surface area (Å²) in [5.74, 6) is -0.611. The van der Waals surface area contributed by atoms with Gasteiger partial charge in [0.1, 0.15) is 11.5 Å². The van der Waals surface area contributed by atoms with Crippen LogP contribution < -0.4 is 9.64 Å². The molecular formula is C22H23F3N2O4. The minimum absolute atomic E-state index is 0.0885. The molecule has 1 saturated heterocycles. The number of nitrogens with zero attached hydrogens (tertiary/aromatic N) is 2. The van der Waals surface area contributed by atoms with Crippen molar-refractivity contribution >= 4 is 17.4 Å². The number of carboxylic acids is 1. The minimum atomic E-state index is -5.08. The van der Waals surface area contributed by atoms with E-state index in [1.807, 2.05) is 24.4 Å². The Morgan fingerprint density at radius 3 is 2.39 bits per heavy atom. The molecule has 1 fully saturated rings. The first-order chi connectivity index (χ1) is 14.6. The number of aliphatic carboxylic acids is 1. The number of benzene rings is 1. The predicted molar refractivity (Wildman–Crippen MR) is 110 cm³/mol. The lowest BCUT2D eigenvalue weighted by Gasteiger charge is -2.41. The molecule has 2 unspecified atom stereocenters. The maximum absolute atomic E-state index is 10.6. The highest BCUT2D eigenvalue weighted by molar-refractivity contribution is 6.08. The molecular weight excluding hydrogens is 413 g/mol. The summed E-state index contributed by atoms with van der Waals surface area (Å²) in [6.45, 7) is 3.25. The van der Waals surface area contributed by atoms with Gasteiger partial charge >= 0.3 is 12.1 Å². The summed E-state index contributed by atoms with van der Waals surface area (Å²) < 4.78 is 42.6. The Kier molecular flexibility index (Phi) is 6.15. The van der Waals surface area contributed by atoms with E-state index in [1.165, 1.54) is 11.4 Å². The van der Waals surface area contributed by atoms with E-state index in [0.717, 1.165) is 30.2 Å². The van der Waals surface area contributed by atoms with Crippen LogP contribution in [0.2, 0.25) is 0 Å². The summed E-state index contributed by atoms with van der Waals surface area (Å²) in [6.07, 6.45) is 4.31. The Morgan fingerprint density at radius 2 is 1.84 bits per heavy atom. The van der Waals surface area contributed by atoms with E-state index < -0.39 is 12.1 Å². The molecule has 4 rings (SSSR count). The molecule has 1 N–H and O–H groups in total. The molecule has 1 aromatic carbocycles. The second kappa shape index (κ2) is 8.49. The highest BCUT2D eigenvalue weighted by atomic mass is 19.4. The lowest BCUT2D eigenvalue weighted by Crippen LogP contribution is -2.42. The topological polar surface area (TPSA) is 71.4 Å². The van der Waals surface area contributed by atoms with Crippen molar-refractivity contribution in [2.75, 3.05) is 25.7 Å². The summed E-state index contributed by atoms with van der Waals surface area (Å²) in [5, 5.41) is 7.12. The number of rotatable bonds is 3. The summed E-state index contributed by atoms with van der Waals surface area (Å²) in [4.78, 5) is 16.0. The average Bonchev–Trinajstić information content (AvgIpc) is 3.13. The van der Waals surface area contributed by atoms with Gasteiger partial charge in [0.25, 0.3) is 0 Å². The van der Waals surface area contributed by atoms with Gasteiger partial charge in [-0.1, -0.05) is 13.0 Å². The number of hydrogen-bond donors (Lipinski definition) is 1. The molecule has 31 heavy (non-hydrogen) atoms. The third kappa shape index (κ3) is 4.04. The van der Waals surface area contributed by atoms with Crippen LogP contribution in [0, 0.1) is 11.3 Å². The van der Waals surface area contributed by atoms with Gasteiger partial charge in [-0.05, 0) is 48.8 Å². The molecule has 1 aliphatic carbocycles. The molecule has 6 nitrogen and oxygen atoms in total. The fourth-order valence-corrected chi connectivity index (χ4v) is 4.17. The Morgan fingerprint density at radius 1 is 1.19 bits per heavy atom. The number of ether oxygens (including phenoxy) is 2. The normalized spacial score (nSPS) is 24.0. The van der Waals surface area contributed by atoms with E-state index in [9.17, 15) is 13.2 Å². The van der Waals surface area contributed by atoms with Crippen molar-refractivity contribution in [1.29, 1.82) is 0 Å². The second-order valence-electron chi connectivity index (χ2n) is 7.27. The highest BCUT2D eigenvalue weighted by Gasteiger charge is 2.53. The maximum atomic E-state index is 10.6. The van der Waals surface area contributed by atoms with Crippen LogP contribution in [0.3, 0.4) is 0 Å². The number of anilines is 1. The first-order valence-electron chi connectivity index (χ1n) is 9.58. The van der Waals surface area contributed by atoms with Crippen LogP contribution in [0.1, 0.15) is 13.3 Å². The number of carboxylic acid groups (broad SMARTS) is 1. The van der Waals surface area contributed by atoms with Gasteiger partial charge in [0, 0.05) is 24.1 Å². The maximum Gasteiger partial charge on any atom is 0.490 e. The molecule has 3 aliphatic rings. The average molecular weight is 436 g/mol. The van der Waals surface area contributed by atoms with E-state index in [0.29, 0.717) is 5.92 Å². The fourth-order valence-electron chi connectivity index (χ4n) is 4.17. The Bertz CT molecular complexity index is 964. The first-order valence-corrected chi connectivity index (χ1v) is 9.58. The lowest BCUT2D eigenvalue weighted by atomic mass is 9.66. The second-order valence-corrected chi connectivity index (χ2v) is 7.27. The van der Waals surface area contributed by atoms with Gasteiger partial charge in [0.15, 0.2) is 0 Å². The van der Waals surface area contributed by atoms with Crippen LogP contribution in [0.25, 0.3) is 0 Å². The van der Waals surface area contributed by atoms with Crippen molar-refractivity contribution < 1.29 is 32.5 Å². The predicted octanol–water partition coefficient (Wildman–Crippen LogP) is 4.56. The third-order valence-electron chi connectivity index (χ3n) is 5.73. The summed E-state index contributed by atoms with van der Waals surface area (Å²) in [7, 11) is 3.42. The number of hydrogen-bond acceptors (Lipinski definition) is 5. The molecule has 2 atom stereocenters. The van der Waals surface area contributed by atoms with Crippen LogP contribution in [-0.4, -0.2) is 43.7 Å². The largest absolute Gasteiger partial charge is 0.497 e. The molecule has 0 aromatic heterocycles. The number of allylic oxidation sites excluding steroid dienone is 5. The smallest absolute Gasteiger partial charge is 0.490 e. The summed E-state index contributed by atoms with van der Waals surface area (Å²) in [5.41, 5.74) is 3.47. The minimum Gasteiger partial charge on any atom is -0.497 e. The van der Waals surface area contributed by atoms with Crippen molar-refractivity contribution in [3.63, 3.8) is 0 Å². The monoisotopic (exact) mass is 436 g/mol. The number of carbonyl (C=O) groups is 1.